The first kappa shape index (κ1) is 19.3. The number of aromatic nitrogens is 4. The molecule has 1 aliphatic rings. The van der Waals surface area contributed by atoms with Crippen molar-refractivity contribution in [3.8, 4) is 34.2 Å². The highest BCUT2D eigenvalue weighted by atomic mass is 32.1. The molecule has 0 saturated carbocycles. The highest BCUT2D eigenvalue weighted by Crippen LogP contribution is 2.40. The number of nitrogens with zero attached hydrogens (tertiary/aromatic N) is 5. The summed E-state index contributed by atoms with van der Waals surface area (Å²) < 4.78 is 8.07. The predicted molar refractivity (Wildman–Crippen MR) is 120 cm³/mol. The van der Waals surface area contributed by atoms with Crippen LogP contribution in [0.15, 0.2) is 36.0 Å². The number of ether oxygens (including phenoxy) is 1. The molecule has 2 bridgehead atoms. The Hall–Kier alpha value is -3.70. The molecule has 1 aliphatic heterocycles. The predicted octanol–water partition coefficient (Wildman–Crippen LogP) is 4.41. The van der Waals surface area contributed by atoms with Crippen molar-refractivity contribution in [2.24, 2.45) is 7.05 Å². The second-order valence-electron chi connectivity index (χ2n) is 7.66. The third-order valence-electron chi connectivity index (χ3n) is 5.62. The van der Waals surface area contributed by atoms with Crippen molar-refractivity contribution in [3.05, 3.63) is 63.4 Å². The van der Waals surface area contributed by atoms with Crippen LogP contribution in [-0.4, -0.2) is 19.7 Å². The lowest BCUT2D eigenvalue weighted by Gasteiger charge is -2.21. The maximum absolute atomic E-state index is 9.72. The molecule has 4 heterocycles. The molecule has 0 fully saturated rings. The largest absolute Gasteiger partial charge is 0.482 e. The SMILES string of the molecule is Cc1ccc2c(c1)C(C)Oc1cc(cnc1N)-c1c(C#N)nn(C)c1Cc1scnc1-2. The number of fused-ring (bicyclic) bond motifs is 7. The molecule has 8 heteroatoms. The number of hydrogen-bond donors (Lipinski definition) is 1. The van der Waals surface area contributed by atoms with Crippen LogP contribution in [-0.2, 0) is 13.5 Å². The zero-order valence-electron chi connectivity index (χ0n) is 17.4. The summed E-state index contributed by atoms with van der Waals surface area (Å²) in [6.45, 7) is 4.06. The van der Waals surface area contributed by atoms with Crippen molar-refractivity contribution < 1.29 is 4.74 Å². The number of nitrogens with two attached hydrogens (primary N) is 1. The van der Waals surface area contributed by atoms with Crippen molar-refractivity contribution in [1.29, 1.82) is 5.26 Å². The monoisotopic (exact) mass is 428 g/mol. The number of benzene rings is 1. The second-order valence-corrected chi connectivity index (χ2v) is 8.60. The van der Waals surface area contributed by atoms with Crippen LogP contribution in [0.5, 0.6) is 5.75 Å². The van der Waals surface area contributed by atoms with E-state index in [1.165, 1.54) is 0 Å². The molecule has 7 nitrogen and oxygen atoms in total. The minimum absolute atomic E-state index is 0.271. The fourth-order valence-corrected chi connectivity index (χ4v) is 4.86. The summed E-state index contributed by atoms with van der Waals surface area (Å²) >= 11 is 1.60. The lowest BCUT2D eigenvalue weighted by atomic mass is 9.95. The van der Waals surface area contributed by atoms with Crippen molar-refractivity contribution in [2.75, 3.05) is 5.73 Å². The van der Waals surface area contributed by atoms with Crippen LogP contribution in [0.25, 0.3) is 22.4 Å². The van der Waals surface area contributed by atoms with Gasteiger partial charge in [0.25, 0.3) is 0 Å². The molecule has 31 heavy (non-hydrogen) atoms. The number of hydrogen-bond acceptors (Lipinski definition) is 7. The van der Waals surface area contributed by atoms with Gasteiger partial charge in [0, 0.05) is 46.8 Å². The molecule has 5 rings (SSSR count). The third kappa shape index (κ3) is 3.14. The van der Waals surface area contributed by atoms with Crippen molar-refractivity contribution >= 4 is 17.2 Å². The van der Waals surface area contributed by atoms with E-state index in [1.54, 1.807) is 22.2 Å². The Morgan fingerprint density at radius 2 is 2.13 bits per heavy atom. The molecule has 0 spiro atoms. The standard InChI is InChI=1S/C23H20N6OS/c1-12-4-5-15-16(6-12)13(2)30-19-7-14(10-26-23(19)25)21-17(9-24)28-29(3)18(21)8-20-22(15)27-11-31-20/h4-7,10-11,13H,8H2,1-3H3,(H2,25,26). The van der Waals surface area contributed by atoms with E-state index in [4.69, 9.17) is 15.5 Å². The van der Waals surface area contributed by atoms with Gasteiger partial charge in [-0.25, -0.2) is 9.97 Å². The number of thiazole rings is 1. The Kier molecular flexibility index (Phi) is 4.49. The zero-order valence-corrected chi connectivity index (χ0v) is 18.2. The normalized spacial score (nSPS) is 14.8. The summed E-state index contributed by atoms with van der Waals surface area (Å²) in [5, 5.41) is 14.2. The number of pyridine rings is 1. The number of aryl methyl sites for hydroxylation is 2. The minimum atomic E-state index is -0.271. The molecule has 0 aliphatic carbocycles. The van der Waals surface area contributed by atoms with E-state index in [-0.39, 0.29) is 6.10 Å². The van der Waals surface area contributed by atoms with Gasteiger partial charge in [0.1, 0.15) is 12.2 Å². The first-order valence-electron chi connectivity index (χ1n) is 9.88. The van der Waals surface area contributed by atoms with Gasteiger partial charge in [-0.1, -0.05) is 23.8 Å². The lowest BCUT2D eigenvalue weighted by molar-refractivity contribution is 0.228. The highest BCUT2D eigenvalue weighted by Gasteiger charge is 2.25. The van der Waals surface area contributed by atoms with Crippen LogP contribution < -0.4 is 10.5 Å². The molecule has 1 aromatic carbocycles. The minimum Gasteiger partial charge on any atom is -0.482 e. The van der Waals surface area contributed by atoms with Gasteiger partial charge in [0.15, 0.2) is 17.3 Å². The average molecular weight is 429 g/mol. The first-order chi connectivity index (χ1) is 15.0. The summed E-state index contributed by atoms with van der Waals surface area (Å²) in [6, 6.07) is 10.4. The van der Waals surface area contributed by atoms with Gasteiger partial charge >= 0.3 is 0 Å². The summed E-state index contributed by atoms with van der Waals surface area (Å²) in [5.74, 6) is 0.787. The molecule has 4 aromatic rings. The van der Waals surface area contributed by atoms with Crippen LogP contribution in [0, 0.1) is 18.3 Å². The smallest absolute Gasteiger partial charge is 0.170 e. The summed E-state index contributed by atoms with van der Waals surface area (Å²) in [6.07, 6.45) is 2.00. The molecule has 0 amide bonds. The average Bonchev–Trinajstić information content (AvgIpc) is 3.33. The molecule has 1 unspecified atom stereocenters. The van der Waals surface area contributed by atoms with Gasteiger partial charge in [-0.2, -0.15) is 10.4 Å². The topological polar surface area (TPSA) is 103 Å². The van der Waals surface area contributed by atoms with E-state index in [0.717, 1.165) is 44.1 Å². The Morgan fingerprint density at radius 3 is 2.94 bits per heavy atom. The Bertz CT molecular complexity index is 1360. The molecule has 0 saturated heterocycles. The molecule has 2 N–H and O–H groups in total. The summed E-state index contributed by atoms with van der Waals surface area (Å²) in [4.78, 5) is 10.2. The van der Waals surface area contributed by atoms with E-state index < -0.39 is 0 Å². The number of rotatable bonds is 0. The molecule has 3 aromatic heterocycles. The van der Waals surface area contributed by atoms with Gasteiger partial charge in [-0.15, -0.1) is 11.3 Å². The Morgan fingerprint density at radius 1 is 1.29 bits per heavy atom. The molecule has 154 valence electrons. The zero-order chi connectivity index (χ0) is 21.7. The van der Waals surface area contributed by atoms with Crippen molar-refractivity contribution in [1.82, 2.24) is 19.7 Å². The number of anilines is 1. The summed E-state index contributed by atoms with van der Waals surface area (Å²) in [5.41, 5.74) is 14.9. The maximum atomic E-state index is 9.72. The first-order valence-corrected chi connectivity index (χ1v) is 10.8. The van der Waals surface area contributed by atoms with Gasteiger partial charge in [0.05, 0.1) is 16.9 Å². The van der Waals surface area contributed by atoms with E-state index in [0.29, 0.717) is 23.7 Å². The van der Waals surface area contributed by atoms with Gasteiger partial charge in [-0.05, 0) is 19.9 Å². The van der Waals surface area contributed by atoms with Crippen LogP contribution >= 0.6 is 11.3 Å². The fourth-order valence-electron chi connectivity index (χ4n) is 4.09. The van der Waals surface area contributed by atoms with Gasteiger partial charge in [0.2, 0.25) is 0 Å². The van der Waals surface area contributed by atoms with Gasteiger partial charge < -0.3 is 10.5 Å². The van der Waals surface area contributed by atoms with Crippen molar-refractivity contribution in [2.45, 2.75) is 26.4 Å². The van der Waals surface area contributed by atoms with Crippen LogP contribution in [0.2, 0.25) is 0 Å². The van der Waals surface area contributed by atoms with Crippen LogP contribution in [0.3, 0.4) is 0 Å². The number of nitrogen functional groups attached to an aromatic ring is 1. The van der Waals surface area contributed by atoms with E-state index in [1.807, 2.05) is 25.5 Å². The Labute approximate surface area is 183 Å². The summed E-state index contributed by atoms with van der Waals surface area (Å²) in [7, 11) is 1.85. The maximum Gasteiger partial charge on any atom is 0.170 e. The van der Waals surface area contributed by atoms with E-state index >= 15 is 0 Å². The molecule has 1 atom stereocenters. The van der Waals surface area contributed by atoms with E-state index in [2.05, 4.69) is 41.3 Å². The third-order valence-corrected chi connectivity index (χ3v) is 6.45. The van der Waals surface area contributed by atoms with E-state index in [9.17, 15) is 5.26 Å². The fraction of sp³-hybridized carbons (Fsp3) is 0.217. The number of nitriles is 1. The molecular formula is C23H20N6OS. The molecule has 0 radical (unpaired) electrons. The molecular weight excluding hydrogens is 408 g/mol. The Balaban J connectivity index is 1.83. The van der Waals surface area contributed by atoms with Crippen LogP contribution in [0.4, 0.5) is 5.82 Å². The van der Waals surface area contributed by atoms with Gasteiger partial charge in [-0.3, -0.25) is 4.68 Å². The quantitative estimate of drug-likeness (QED) is 0.445. The van der Waals surface area contributed by atoms with Crippen molar-refractivity contribution in [3.63, 3.8) is 0 Å². The second kappa shape index (κ2) is 7.22. The van der Waals surface area contributed by atoms with Crippen LogP contribution in [0.1, 0.15) is 40.4 Å². The highest BCUT2D eigenvalue weighted by molar-refractivity contribution is 7.10. The lowest BCUT2D eigenvalue weighted by Crippen LogP contribution is -2.09.